The minimum absolute atomic E-state index is 0.177. The van der Waals surface area contributed by atoms with Crippen molar-refractivity contribution in [3.8, 4) is 0 Å². The Balaban J connectivity index is 1.79. The molecule has 1 N–H and O–H groups in total. The van der Waals surface area contributed by atoms with Crippen molar-refractivity contribution in [3.63, 3.8) is 0 Å². The van der Waals surface area contributed by atoms with E-state index in [2.05, 4.69) is 5.32 Å². The van der Waals surface area contributed by atoms with Gasteiger partial charge in [0.25, 0.3) is 5.91 Å². The van der Waals surface area contributed by atoms with Gasteiger partial charge in [-0.15, -0.1) is 0 Å². The van der Waals surface area contributed by atoms with E-state index in [1.165, 1.54) is 11.1 Å². The molecule has 118 valence electrons. The second kappa shape index (κ2) is 6.56. The van der Waals surface area contributed by atoms with Crippen LogP contribution in [0.25, 0.3) is 0 Å². The van der Waals surface area contributed by atoms with E-state index < -0.39 is 10.8 Å². The fourth-order valence-corrected chi connectivity index (χ4v) is 3.48. The Morgan fingerprint density at radius 3 is 2.43 bits per heavy atom. The topological polar surface area (TPSA) is 49.4 Å². The van der Waals surface area contributed by atoms with Crippen LogP contribution in [0.3, 0.4) is 0 Å². The maximum absolute atomic E-state index is 12.5. The lowest BCUT2D eigenvalue weighted by molar-refractivity contribution is -0.114. The van der Waals surface area contributed by atoms with Crippen molar-refractivity contribution in [2.24, 2.45) is 0 Å². The summed E-state index contributed by atoms with van der Waals surface area (Å²) in [6, 6.07) is 14.7. The molecule has 1 fully saturated rings. The third-order valence-corrected chi connectivity index (χ3v) is 5.04. The summed E-state index contributed by atoms with van der Waals surface area (Å²) in [6.07, 6.45) is 1.51. The molecule has 0 aliphatic carbocycles. The van der Waals surface area contributed by atoms with Gasteiger partial charge in [-0.1, -0.05) is 29.3 Å². The van der Waals surface area contributed by atoms with E-state index in [1.54, 1.807) is 24.3 Å². The molecule has 0 aromatic heterocycles. The number of amides is 1. The molecule has 2 aromatic rings. The van der Waals surface area contributed by atoms with Gasteiger partial charge in [-0.2, -0.15) is 0 Å². The average molecular weight is 347 g/mol. The first-order valence-electron chi connectivity index (χ1n) is 7.04. The normalized spacial score (nSPS) is 19.4. The van der Waals surface area contributed by atoms with E-state index in [9.17, 15) is 9.00 Å². The van der Waals surface area contributed by atoms with Gasteiger partial charge in [0.15, 0.2) is 0 Å². The Morgan fingerprint density at radius 2 is 1.78 bits per heavy atom. The summed E-state index contributed by atoms with van der Waals surface area (Å²) in [7, 11) is -1.36. The number of nitrogens with one attached hydrogen (secondary N) is 1. The van der Waals surface area contributed by atoms with Gasteiger partial charge in [-0.25, -0.2) is 0 Å². The Morgan fingerprint density at radius 1 is 1.13 bits per heavy atom. The van der Waals surface area contributed by atoms with E-state index in [1.807, 2.05) is 31.2 Å². The van der Waals surface area contributed by atoms with Gasteiger partial charge in [0, 0.05) is 22.6 Å². The summed E-state index contributed by atoms with van der Waals surface area (Å²) in [6.45, 7) is 1.98. The number of halogens is 1. The van der Waals surface area contributed by atoms with Gasteiger partial charge in [-0.05, 0) is 43.3 Å². The van der Waals surface area contributed by atoms with Gasteiger partial charge < -0.3 is 5.32 Å². The van der Waals surface area contributed by atoms with Crippen LogP contribution in [0.2, 0.25) is 5.02 Å². The zero-order chi connectivity index (χ0) is 16.4. The van der Waals surface area contributed by atoms with E-state index in [-0.39, 0.29) is 16.7 Å². The number of rotatable bonds is 3. The van der Waals surface area contributed by atoms with Crippen molar-refractivity contribution in [2.75, 3.05) is 16.1 Å². The van der Waals surface area contributed by atoms with Crippen molar-refractivity contribution < 1.29 is 9.00 Å². The number of nitrogens with zero attached hydrogens (tertiary/aromatic N) is 1. The lowest BCUT2D eigenvalue weighted by Crippen LogP contribution is -2.24. The van der Waals surface area contributed by atoms with Crippen LogP contribution in [0, 0.1) is 6.92 Å². The number of benzene rings is 2. The molecule has 0 saturated carbocycles. The SMILES string of the molecule is Cc1ccc(N2C[S@@](=O)/C(=C/Nc3ccc(Cl)cc3)C2=O)cc1. The lowest BCUT2D eigenvalue weighted by atomic mass is 10.2. The Kier molecular flexibility index (Phi) is 4.50. The van der Waals surface area contributed by atoms with Crippen molar-refractivity contribution >= 4 is 39.7 Å². The van der Waals surface area contributed by atoms with Crippen LogP contribution in [0.1, 0.15) is 5.56 Å². The average Bonchev–Trinajstić information content (AvgIpc) is 2.82. The fourth-order valence-electron chi connectivity index (χ4n) is 2.21. The molecule has 3 rings (SSSR count). The number of aryl methyl sites for hydroxylation is 1. The summed E-state index contributed by atoms with van der Waals surface area (Å²) in [5.41, 5.74) is 2.64. The second-order valence-corrected chi connectivity index (χ2v) is 7.03. The molecule has 6 heteroatoms. The molecule has 2 aromatic carbocycles. The molecule has 1 heterocycles. The summed E-state index contributed by atoms with van der Waals surface area (Å²) in [5.74, 6) is -0.0654. The molecular formula is C17H15ClN2O2S. The van der Waals surface area contributed by atoms with E-state index >= 15 is 0 Å². The fraction of sp³-hybridized carbons (Fsp3) is 0.118. The van der Waals surface area contributed by atoms with E-state index in [0.717, 1.165) is 16.9 Å². The van der Waals surface area contributed by atoms with Crippen molar-refractivity contribution in [1.82, 2.24) is 0 Å². The summed E-state index contributed by atoms with van der Waals surface area (Å²) in [4.78, 5) is 14.3. The van der Waals surface area contributed by atoms with Gasteiger partial charge in [0.1, 0.15) is 10.8 Å². The molecule has 0 radical (unpaired) electrons. The predicted molar refractivity (Wildman–Crippen MR) is 94.8 cm³/mol. The zero-order valence-electron chi connectivity index (χ0n) is 12.5. The second-order valence-electron chi connectivity index (χ2n) is 5.20. The predicted octanol–water partition coefficient (Wildman–Crippen LogP) is 3.65. The minimum atomic E-state index is -1.36. The summed E-state index contributed by atoms with van der Waals surface area (Å²) >= 11 is 5.83. The van der Waals surface area contributed by atoms with Crippen molar-refractivity contribution in [3.05, 3.63) is 70.2 Å². The highest BCUT2D eigenvalue weighted by Crippen LogP contribution is 2.25. The molecule has 4 nitrogen and oxygen atoms in total. The molecule has 1 aliphatic rings. The number of hydrogen-bond acceptors (Lipinski definition) is 3. The molecule has 0 bridgehead atoms. The third kappa shape index (κ3) is 3.46. The standard InChI is InChI=1S/C17H15ClN2O2S/c1-12-2-8-15(9-3-12)20-11-23(22)16(17(20)21)10-19-14-6-4-13(18)5-7-14/h2-10,19H,11H2,1H3/b16-10+/t23-/m1/s1. The van der Waals surface area contributed by atoms with Gasteiger partial charge >= 0.3 is 0 Å². The quantitative estimate of drug-likeness (QED) is 0.863. The van der Waals surface area contributed by atoms with Crippen LogP contribution in [0.5, 0.6) is 0 Å². The van der Waals surface area contributed by atoms with Gasteiger partial charge in [0.05, 0.1) is 10.8 Å². The number of hydrogen-bond donors (Lipinski definition) is 1. The highest BCUT2D eigenvalue weighted by molar-refractivity contribution is 7.90. The van der Waals surface area contributed by atoms with Crippen LogP contribution >= 0.6 is 11.6 Å². The van der Waals surface area contributed by atoms with Gasteiger partial charge in [-0.3, -0.25) is 13.9 Å². The maximum atomic E-state index is 12.5. The zero-order valence-corrected chi connectivity index (χ0v) is 14.0. The molecule has 1 saturated heterocycles. The Bertz CT molecular complexity index is 785. The van der Waals surface area contributed by atoms with Crippen LogP contribution in [-0.4, -0.2) is 16.0 Å². The Labute approximate surface area is 142 Å². The smallest absolute Gasteiger partial charge is 0.269 e. The molecule has 23 heavy (non-hydrogen) atoms. The molecular weight excluding hydrogens is 332 g/mol. The Hall–Kier alpha value is -2.11. The van der Waals surface area contributed by atoms with E-state index in [4.69, 9.17) is 11.6 Å². The molecule has 1 amide bonds. The molecule has 0 spiro atoms. The van der Waals surface area contributed by atoms with Crippen molar-refractivity contribution in [2.45, 2.75) is 6.92 Å². The first-order valence-corrected chi connectivity index (χ1v) is 8.73. The molecule has 0 unspecified atom stereocenters. The number of anilines is 2. The van der Waals surface area contributed by atoms with E-state index in [0.29, 0.717) is 5.02 Å². The lowest BCUT2D eigenvalue weighted by Gasteiger charge is -2.13. The molecule has 1 aliphatic heterocycles. The monoisotopic (exact) mass is 346 g/mol. The van der Waals surface area contributed by atoms with Gasteiger partial charge in [0.2, 0.25) is 0 Å². The van der Waals surface area contributed by atoms with Crippen LogP contribution < -0.4 is 10.2 Å². The highest BCUT2D eigenvalue weighted by atomic mass is 35.5. The summed E-state index contributed by atoms with van der Waals surface area (Å²) in [5, 5.41) is 3.63. The summed E-state index contributed by atoms with van der Waals surface area (Å²) < 4.78 is 12.2. The number of carbonyl (C=O) groups excluding carboxylic acids is 1. The van der Waals surface area contributed by atoms with Crippen LogP contribution in [-0.2, 0) is 15.6 Å². The highest BCUT2D eigenvalue weighted by Gasteiger charge is 2.33. The number of carbonyl (C=O) groups is 1. The first kappa shape index (κ1) is 15.8. The van der Waals surface area contributed by atoms with Crippen LogP contribution in [0.4, 0.5) is 11.4 Å². The molecule has 1 atom stereocenters. The van der Waals surface area contributed by atoms with Crippen molar-refractivity contribution in [1.29, 1.82) is 0 Å². The maximum Gasteiger partial charge on any atom is 0.269 e. The van der Waals surface area contributed by atoms with Crippen LogP contribution in [0.15, 0.2) is 59.6 Å². The minimum Gasteiger partial charge on any atom is -0.360 e. The largest absolute Gasteiger partial charge is 0.360 e. The third-order valence-electron chi connectivity index (χ3n) is 3.51. The first-order chi connectivity index (χ1) is 11.0.